The zero-order chi connectivity index (χ0) is 13.0. The molecule has 0 aliphatic rings. The fraction of sp³-hybridized carbons (Fsp3) is 0.267. The van der Waals surface area contributed by atoms with Crippen molar-refractivity contribution in [1.29, 1.82) is 0 Å². The van der Waals surface area contributed by atoms with Crippen LogP contribution in [0.3, 0.4) is 0 Å². The second kappa shape index (κ2) is 7.12. The molecule has 0 heterocycles. The van der Waals surface area contributed by atoms with E-state index in [9.17, 15) is 4.79 Å². The van der Waals surface area contributed by atoms with Gasteiger partial charge in [-0.3, -0.25) is 4.79 Å². The van der Waals surface area contributed by atoms with Crippen molar-refractivity contribution in [3.8, 4) is 0 Å². The van der Waals surface area contributed by atoms with Crippen LogP contribution in [-0.2, 0) is 11.3 Å². The van der Waals surface area contributed by atoms with E-state index in [0.717, 1.165) is 5.56 Å². The molecule has 0 bridgehead atoms. The molecule has 0 aliphatic carbocycles. The average Bonchev–Trinajstić information content (AvgIpc) is 2.43. The number of carbonyl (C=O) groups is 1. The Bertz CT molecular complexity index is 557. The molecule has 19 heavy (non-hydrogen) atoms. The van der Waals surface area contributed by atoms with E-state index in [4.69, 9.17) is 5.73 Å². The fourth-order valence-electron chi connectivity index (χ4n) is 1.82. The lowest BCUT2D eigenvalue weighted by atomic mass is 10.1. The van der Waals surface area contributed by atoms with Crippen LogP contribution < -0.4 is 11.1 Å². The number of benzene rings is 2. The Labute approximate surface area is 119 Å². The highest BCUT2D eigenvalue weighted by molar-refractivity contribution is 5.85. The standard InChI is InChI=1S/C15H18N2O.ClH/c1-11(9-16)15(18)17-10-12-6-7-13-4-2-3-5-14(13)8-12;/h2-8,11H,9-10,16H2,1H3,(H,17,18);1H. The van der Waals surface area contributed by atoms with Crippen LogP contribution in [-0.4, -0.2) is 12.5 Å². The topological polar surface area (TPSA) is 55.1 Å². The van der Waals surface area contributed by atoms with Crippen LogP contribution in [0.5, 0.6) is 0 Å². The van der Waals surface area contributed by atoms with Crippen molar-refractivity contribution in [1.82, 2.24) is 5.32 Å². The van der Waals surface area contributed by atoms with Gasteiger partial charge in [-0.15, -0.1) is 12.4 Å². The highest BCUT2D eigenvalue weighted by Crippen LogP contribution is 2.15. The molecule has 0 aliphatic heterocycles. The van der Waals surface area contributed by atoms with E-state index in [1.165, 1.54) is 10.8 Å². The number of nitrogens with one attached hydrogen (secondary N) is 1. The number of carbonyl (C=O) groups excluding carboxylic acids is 1. The van der Waals surface area contributed by atoms with Gasteiger partial charge in [0.15, 0.2) is 0 Å². The molecule has 3 nitrogen and oxygen atoms in total. The Morgan fingerprint density at radius 3 is 2.58 bits per heavy atom. The largest absolute Gasteiger partial charge is 0.352 e. The number of amides is 1. The van der Waals surface area contributed by atoms with Gasteiger partial charge in [-0.05, 0) is 22.4 Å². The molecular formula is C15H19ClN2O. The van der Waals surface area contributed by atoms with Gasteiger partial charge in [-0.2, -0.15) is 0 Å². The predicted molar refractivity (Wildman–Crippen MR) is 81.3 cm³/mol. The number of rotatable bonds is 4. The lowest BCUT2D eigenvalue weighted by Gasteiger charge is -2.10. The van der Waals surface area contributed by atoms with Crippen LogP contribution in [0, 0.1) is 5.92 Å². The van der Waals surface area contributed by atoms with Crippen LogP contribution in [0.15, 0.2) is 42.5 Å². The maximum absolute atomic E-state index is 11.6. The van der Waals surface area contributed by atoms with Crippen molar-refractivity contribution in [2.45, 2.75) is 13.5 Å². The molecule has 2 aromatic carbocycles. The Morgan fingerprint density at radius 1 is 1.21 bits per heavy atom. The van der Waals surface area contributed by atoms with Gasteiger partial charge in [0.2, 0.25) is 5.91 Å². The third kappa shape index (κ3) is 3.94. The van der Waals surface area contributed by atoms with Gasteiger partial charge in [0.1, 0.15) is 0 Å². The number of hydrogen-bond donors (Lipinski definition) is 2. The van der Waals surface area contributed by atoms with Gasteiger partial charge in [0.05, 0.1) is 0 Å². The first-order valence-corrected chi connectivity index (χ1v) is 6.16. The molecule has 4 heteroatoms. The molecule has 3 N–H and O–H groups in total. The first-order chi connectivity index (χ1) is 8.70. The number of fused-ring (bicyclic) bond motifs is 1. The molecule has 1 atom stereocenters. The second-order valence-corrected chi connectivity index (χ2v) is 4.54. The Kier molecular flexibility index (Phi) is 5.80. The normalized spacial score (nSPS) is 11.7. The van der Waals surface area contributed by atoms with E-state index >= 15 is 0 Å². The molecular weight excluding hydrogens is 260 g/mol. The number of nitrogens with two attached hydrogens (primary N) is 1. The van der Waals surface area contributed by atoms with E-state index in [0.29, 0.717) is 13.1 Å². The van der Waals surface area contributed by atoms with Crippen molar-refractivity contribution >= 4 is 29.1 Å². The van der Waals surface area contributed by atoms with Crippen molar-refractivity contribution in [3.63, 3.8) is 0 Å². The van der Waals surface area contributed by atoms with E-state index in [1.54, 1.807) is 0 Å². The molecule has 0 fully saturated rings. The summed E-state index contributed by atoms with van der Waals surface area (Å²) < 4.78 is 0. The first kappa shape index (κ1) is 15.5. The van der Waals surface area contributed by atoms with Crippen molar-refractivity contribution in [2.75, 3.05) is 6.54 Å². The van der Waals surface area contributed by atoms with Gasteiger partial charge in [0.25, 0.3) is 0 Å². The summed E-state index contributed by atoms with van der Waals surface area (Å²) in [4.78, 5) is 11.6. The lowest BCUT2D eigenvalue weighted by molar-refractivity contribution is -0.124. The highest BCUT2D eigenvalue weighted by Gasteiger charge is 2.09. The van der Waals surface area contributed by atoms with Gasteiger partial charge in [0, 0.05) is 19.0 Å². The summed E-state index contributed by atoms with van der Waals surface area (Å²) in [5.41, 5.74) is 6.56. The quantitative estimate of drug-likeness (QED) is 0.903. The van der Waals surface area contributed by atoms with Crippen LogP contribution >= 0.6 is 12.4 Å². The Morgan fingerprint density at radius 2 is 1.89 bits per heavy atom. The van der Waals surface area contributed by atoms with E-state index < -0.39 is 0 Å². The molecule has 0 spiro atoms. The van der Waals surface area contributed by atoms with Gasteiger partial charge in [-0.1, -0.05) is 43.3 Å². The van der Waals surface area contributed by atoms with Gasteiger partial charge >= 0.3 is 0 Å². The average molecular weight is 279 g/mol. The number of hydrogen-bond acceptors (Lipinski definition) is 2. The zero-order valence-corrected chi connectivity index (χ0v) is 11.7. The SMILES string of the molecule is CC(CN)C(=O)NCc1ccc2ccccc2c1.Cl. The second-order valence-electron chi connectivity index (χ2n) is 4.54. The van der Waals surface area contributed by atoms with Crippen LogP contribution in [0.4, 0.5) is 0 Å². The van der Waals surface area contributed by atoms with E-state index in [1.807, 2.05) is 25.1 Å². The van der Waals surface area contributed by atoms with E-state index in [-0.39, 0.29) is 24.2 Å². The molecule has 2 aromatic rings. The Hall–Kier alpha value is -1.58. The summed E-state index contributed by atoms with van der Waals surface area (Å²) in [5, 5.41) is 5.30. The molecule has 0 saturated heterocycles. The fourth-order valence-corrected chi connectivity index (χ4v) is 1.82. The van der Waals surface area contributed by atoms with Gasteiger partial charge < -0.3 is 11.1 Å². The monoisotopic (exact) mass is 278 g/mol. The van der Waals surface area contributed by atoms with Gasteiger partial charge in [-0.25, -0.2) is 0 Å². The summed E-state index contributed by atoms with van der Waals surface area (Å²) >= 11 is 0. The van der Waals surface area contributed by atoms with Crippen LogP contribution in [0.2, 0.25) is 0 Å². The third-order valence-corrected chi connectivity index (χ3v) is 3.08. The summed E-state index contributed by atoms with van der Waals surface area (Å²) in [6.45, 7) is 2.76. The highest BCUT2D eigenvalue weighted by atomic mass is 35.5. The maximum Gasteiger partial charge on any atom is 0.224 e. The molecule has 0 radical (unpaired) electrons. The molecule has 1 unspecified atom stereocenters. The molecule has 0 saturated carbocycles. The summed E-state index contributed by atoms with van der Waals surface area (Å²) in [6, 6.07) is 14.4. The summed E-state index contributed by atoms with van der Waals surface area (Å²) in [7, 11) is 0. The third-order valence-electron chi connectivity index (χ3n) is 3.08. The molecule has 0 aromatic heterocycles. The lowest BCUT2D eigenvalue weighted by Crippen LogP contribution is -2.32. The zero-order valence-electron chi connectivity index (χ0n) is 10.9. The Balaban J connectivity index is 0.00000180. The smallest absolute Gasteiger partial charge is 0.224 e. The summed E-state index contributed by atoms with van der Waals surface area (Å²) in [6.07, 6.45) is 0. The molecule has 102 valence electrons. The maximum atomic E-state index is 11.6. The minimum absolute atomic E-state index is 0. The minimum Gasteiger partial charge on any atom is -0.352 e. The van der Waals surface area contributed by atoms with E-state index in [2.05, 4.69) is 29.6 Å². The predicted octanol–water partition coefficient (Wildman–Crippen LogP) is 2.47. The molecule has 2 rings (SSSR count). The summed E-state index contributed by atoms with van der Waals surface area (Å²) in [5.74, 6) is -0.129. The molecule has 1 amide bonds. The number of halogens is 1. The minimum atomic E-state index is -0.134. The van der Waals surface area contributed by atoms with Crippen molar-refractivity contribution < 1.29 is 4.79 Å². The van der Waals surface area contributed by atoms with Crippen molar-refractivity contribution in [2.24, 2.45) is 11.7 Å². The van der Waals surface area contributed by atoms with Crippen LogP contribution in [0.1, 0.15) is 12.5 Å². The van der Waals surface area contributed by atoms with Crippen molar-refractivity contribution in [3.05, 3.63) is 48.0 Å². The van der Waals surface area contributed by atoms with Crippen LogP contribution in [0.25, 0.3) is 10.8 Å². The first-order valence-electron chi connectivity index (χ1n) is 6.16.